The molecule has 2 aliphatic heterocycles. The molecular weight excluding hydrogens is 628 g/mol. The highest BCUT2D eigenvalue weighted by Gasteiger charge is 2.32. The molecule has 0 radical (unpaired) electrons. The number of nitrogens with zero attached hydrogens (tertiary/aromatic N) is 5. The number of pyridine rings is 1. The third-order valence-corrected chi connectivity index (χ3v) is 9.64. The molecule has 1 N–H and O–H groups in total. The molecule has 2 aliphatic rings. The van der Waals surface area contributed by atoms with E-state index in [1.165, 1.54) is 0 Å². The summed E-state index contributed by atoms with van der Waals surface area (Å²) >= 11 is 0. The number of benzene rings is 3. The van der Waals surface area contributed by atoms with Gasteiger partial charge in [0.05, 0.1) is 16.9 Å². The molecule has 50 heavy (non-hydrogen) atoms. The zero-order valence-corrected chi connectivity index (χ0v) is 28.7. The number of ether oxygens (including phenoxy) is 2. The number of hydrogen-bond donors (Lipinski definition) is 1. The van der Waals surface area contributed by atoms with Gasteiger partial charge in [-0.2, -0.15) is 0 Å². The van der Waals surface area contributed by atoms with Crippen molar-refractivity contribution >= 4 is 34.4 Å². The van der Waals surface area contributed by atoms with Crippen molar-refractivity contribution in [1.29, 1.82) is 0 Å². The molecule has 10 heteroatoms. The monoisotopic (exact) mass is 670 g/mol. The molecule has 3 aromatic carbocycles. The third-order valence-electron chi connectivity index (χ3n) is 9.64. The highest BCUT2D eigenvalue weighted by molar-refractivity contribution is 6.07. The van der Waals surface area contributed by atoms with Gasteiger partial charge >= 0.3 is 6.09 Å². The van der Waals surface area contributed by atoms with Crippen LogP contribution in [0.3, 0.4) is 0 Å². The van der Waals surface area contributed by atoms with E-state index >= 15 is 0 Å². The van der Waals surface area contributed by atoms with E-state index in [-0.39, 0.29) is 36.5 Å². The van der Waals surface area contributed by atoms with Crippen molar-refractivity contribution in [2.24, 2.45) is 11.8 Å². The minimum atomic E-state index is -0.327. The molecule has 7 rings (SSSR count). The van der Waals surface area contributed by atoms with E-state index in [0.717, 1.165) is 46.8 Å². The van der Waals surface area contributed by atoms with E-state index in [9.17, 15) is 9.59 Å². The molecule has 5 aromatic rings. The van der Waals surface area contributed by atoms with Crippen LogP contribution in [0.1, 0.15) is 44.2 Å². The van der Waals surface area contributed by atoms with Crippen LogP contribution in [-0.4, -0.2) is 57.5 Å². The second-order valence-corrected chi connectivity index (χ2v) is 13.3. The van der Waals surface area contributed by atoms with Gasteiger partial charge in [0.25, 0.3) is 0 Å². The van der Waals surface area contributed by atoms with Crippen LogP contribution in [-0.2, 0) is 16.1 Å². The number of rotatable bonds is 9. The highest BCUT2D eigenvalue weighted by Crippen LogP contribution is 2.41. The minimum absolute atomic E-state index is 0.0504. The zero-order valence-electron chi connectivity index (χ0n) is 28.7. The van der Waals surface area contributed by atoms with Gasteiger partial charge in [-0.1, -0.05) is 68.4 Å². The Morgan fingerprint density at radius 1 is 0.940 bits per heavy atom. The molecular formula is C40H42N6O4. The number of aromatic nitrogens is 3. The van der Waals surface area contributed by atoms with Gasteiger partial charge in [0.1, 0.15) is 12.4 Å². The fourth-order valence-corrected chi connectivity index (χ4v) is 7.09. The van der Waals surface area contributed by atoms with Crippen LogP contribution in [0.25, 0.3) is 22.0 Å². The summed E-state index contributed by atoms with van der Waals surface area (Å²) in [5, 5.41) is 5.34. The van der Waals surface area contributed by atoms with Crippen LogP contribution in [0.2, 0.25) is 0 Å². The van der Waals surface area contributed by atoms with Crippen molar-refractivity contribution in [2.45, 2.75) is 52.7 Å². The molecule has 0 aliphatic carbocycles. The molecule has 2 amide bonds. The van der Waals surface area contributed by atoms with Gasteiger partial charge in [0, 0.05) is 54.8 Å². The normalized spacial score (nSPS) is 19.1. The summed E-state index contributed by atoms with van der Waals surface area (Å²) in [6, 6.07) is 25.4. The molecule has 2 aromatic heterocycles. The van der Waals surface area contributed by atoms with Crippen molar-refractivity contribution in [3.63, 3.8) is 0 Å². The van der Waals surface area contributed by atoms with Gasteiger partial charge in [0.15, 0.2) is 0 Å². The zero-order chi connectivity index (χ0) is 34.6. The fourth-order valence-electron chi connectivity index (χ4n) is 7.09. The topological polar surface area (TPSA) is 110 Å². The van der Waals surface area contributed by atoms with Gasteiger partial charge in [-0.05, 0) is 67.5 Å². The lowest BCUT2D eigenvalue weighted by molar-refractivity contribution is -0.120. The number of fused-ring (bicyclic) bond motifs is 1. The first-order valence-electron chi connectivity index (χ1n) is 17.4. The predicted molar refractivity (Wildman–Crippen MR) is 194 cm³/mol. The fraction of sp³-hybridized carbons (Fsp3) is 0.325. The number of nitrogens with one attached hydrogen (secondary N) is 1. The van der Waals surface area contributed by atoms with Crippen LogP contribution < -0.4 is 15.0 Å². The molecule has 0 spiro atoms. The summed E-state index contributed by atoms with van der Waals surface area (Å²) in [5.74, 6) is 2.08. The van der Waals surface area contributed by atoms with Crippen molar-refractivity contribution < 1.29 is 19.1 Å². The number of likely N-dealkylation sites (tertiary alicyclic amines) is 1. The van der Waals surface area contributed by atoms with Gasteiger partial charge in [-0.25, -0.2) is 19.7 Å². The van der Waals surface area contributed by atoms with Gasteiger partial charge in [0.2, 0.25) is 17.7 Å². The SMILES string of the molecule is CC[C@@H]1CCN(c2cccc3c(Oc4ncccc4-c4ccnc(N[C@H]5C[C@@H](C)CN(C(=O)OCc6ccccc6)C5)n4)c(C)ccc23)C1=O. The summed E-state index contributed by atoms with van der Waals surface area (Å²) in [5.41, 5.74) is 4.18. The highest BCUT2D eigenvalue weighted by atomic mass is 16.6. The lowest BCUT2D eigenvalue weighted by Crippen LogP contribution is -2.48. The summed E-state index contributed by atoms with van der Waals surface area (Å²) in [7, 11) is 0. The van der Waals surface area contributed by atoms with Gasteiger partial charge in [-0.15, -0.1) is 0 Å². The molecule has 3 atom stereocenters. The van der Waals surface area contributed by atoms with Crippen molar-refractivity contribution in [2.75, 3.05) is 29.9 Å². The van der Waals surface area contributed by atoms with Crippen LogP contribution in [0.5, 0.6) is 11.6 Å². The van der Waals surface area contributed by atoms with Gasteiger partial charge in [-0.3, -0.25) is 4.79 Å². The second-order valence-electron chi connectivity index (χ2n) is 13.3. The number of carbonyl (C=O) groups is 2. The van der Waals surface area contributed by atoms with E-state index in [2.05, 4.69) is 35.2 Å². The Labute approximate surface area is 292 Å². The maximum Gasteiger partial charge on any atom is 0.410 e. The number of hydrogen-bond acceptors (Lipinski definition) is 8. The Bertz CT molecular complexity index is 2000. The Balaban J connectivity index is 1.10. The Morgan fingerprint density at radius 2 is 1.80 bits per heavy atom. The Kier molecular flexibility index (Phi) is 9.60. The van der Waals surface area contributed by atoms with Crippen LogP contribution in [0, 0.1) is 18.8 Å². The first kappa shape index (κ1) is 33.0. The molecule has 0 bridgehead atoms. The minimum Gasteiger partial charge on any atom is -0.445 e. The largest absolute Gasteiger partial charge is 0.445 e. The number of amides is 2. The van der Waals surface area contributed by atoms with Crippen LogP contribution in [0.4, 0.5) is 16.4 Å². The van der Waals surface area contributed by atoms with E-state index in [1.54, 1.807) is 17.3 Å². The number of aryl methyl sites for hydroxylation is 1. The average molecular weight is 671 g/mol. The molecule has 0 unspecified atom stereocenters. The first-order valence-corrected chi connectivity index (χ1v) is 17.4. The lowest BCUT2D eigenvalue weighted by atomic mass is 9.96. The van der Waals surface area contributed by atoms with Crippen molar-refractivity contribution in [1.82, 2.24) is 19.9 Å². The van der Waals surface area contributed by atoms with E-state index < -0.39 is 0 Å². The second kappa shape index (κ2) is 14.5. The van der Waals surface area contributed by atoms with E-state index in [1.807, 2.05) is 84.6 Å². The van der Waals surface area contributed by atoms with Crippen molar-refractivity contribution in [3.8, 4) is 22.9 Å². The predicted octanol–water partition coefficient (Wildman–Crippen LogP) is 8.01. The number of piperidine rings is 1. The van der Waals surface area contributed by atoms with Crippen LogP contribution in [0.15, 0.2) is 91.3 Å². The van der Waals surface area contributed by atoms with Crippen molar-refractivity contribution in [3.05, 3.63) is 102 Å². The summed E-state index contributed by atoms with van der Waals surface area (Å²) in [6.45, 7) is 8.28. The molecule has 0 saturated carbocycles. The average Bonchev–Trinajstić information content (AvgIpc) is 3.51. The number of anilines is 2. The molecule has 10 nitrogen and oxygen atoms in total. The summed E-state index contributed by atoms with van der Waals surface area (Å²) < 4.78 is 12.3. The maximum atomic E-state index is 13.2. The van der Waals surface area contributed by atoms with Crippen LogP contribution >= 0.6 is 0 Å². The molecule has 2 saturated heterocycles. The Hall–Kier alpha value is -5.51. The maximum absolute atomic E-state index is 13.2. The smallest absolute Gasteiger partial charge is 0.410 e. The van der Waals surface area contributed by atoms with Gasteiger partial charge < -0.3 is 24.6 Å². The summed E-state index contributed by atoms with van der Waals surface area (Å²) in [4.78, 5) is 43.8. The standard InChI is InChI=1S/C40H42N6O4/c1-4-29-18-21-46(38(29)47)35-14-8-12-32-31(35)16-15-27(3)36(32)50-37-33(13-9-19-41-37)34-17-20-42-39(44-34)43-30-22-26(2)23-45(24-30)40(48)49-25-28-10-6-5-7-11-28/h5-17,19-20,26,29-30H,4,18,21-25H2,1-3H3,(H,42,43,44)/t26-,29-,30+/m1/s1. The lowest BCUT2D eigenvalue weighted by Gasteiger charge is -2.36. The number of carbonyl (C=O) groups excluding carboxylic acids is 2. The quantitative estimate of drug-likeness (QED) is 0.168. The summed E-state index contributed by atoms with van der Waals surface area (Å²) in [6.07, 6.45) is 5.67. The molecule has 256 valence electrons. The molecule has 2 fully saturated rings. The first-order chi connectivity index (χ1) is 24.4. The molecule has 4 heterocycles. The third kappa shape index (κ3) is 6.96. The van der Waals surface area contributed by atoms with E-state index in [0.29, 0.717) is 48.5 Å². The Morgan fingerprint density at radius 3 is 2.62 bits per heavy atom. The van der Waals surface area contributed by atoms with E-state index in [4.69, 9.17) is 14.5 Å².